The molecular weight excluding hydrogens is 649 g/mol. The predicted molar refractivity (Wildman–Crippen MR) is 216 cm³/mol. The number of para-hydroxylation sites is 4. The molecule has 0 spiro atoms. The number of hydrogen-bond donors (Lipinski definition) is 0. The summed E-state index contributed by atoms with van der Waals surface area (Å²) in [5.74, 6) is 1.39. The molecule has 0 fully saturated rings. The second-order valence-corrected chi connectivity index (χ2v) is 13.3. The highest BCUT2D eigenvalue weighted by molar-refractivity contribution is 6.19. The zero-order chi connectivity index (χ0) is 34.9. The van der Waals surface area contributed by atoms with Crippen molar-refractivity contribution in [3.05, 3.63) is 182 Å². The molecule has 0 amide bonds. The van der Waals surface area contributed by atoms with Gasteiger partial charge < -0.3 is 4.57 Å². The number of imidazole rings is 1. The van der Waals surface area contributed by atoms with Gasteiger partial charge in [-0.2, -0.15) is 4.98 Å². The summed E-state index contributed by atoms with van der Waals surface area (Å²) in [6, 6.07) is 63.6. The Morgan fingerprint density at radius 2 is 0.811 bits per heavy atom. The third-order valence-electron chi connectivity index (χ3n) is 10.3. The van der Waals surface area contributed by atoms with Crippen molar-refractivity contribution < 1.29 is 0 Å². The molecule has 0 N–H and O–H groups in total. The van der Waals surface area contributed by atoms with Crippen LogP contribution in [0.1, 0.15) is 0 Å². The van der Waals surface area contributed by atoms with Crippen LogP contribution in [0.25, 0.3) is 94.7 Å². The van der Waals surface area contributed by atoms with Crippen LogP contribution in [0.5, 0.6) is 0 Å². The molecule has 0 radical (unpaired) electrons. The van der Waals surface area contributed by atoms with Gasteiger partial charge >= 0.3 is 0 Å². The maximum atomic E-state index is 5.47. The molecule has 0 aliphatic rings. The number of benzene rings is 7. The van der Waals surface area contributed by atoms with Gasteiger partial charge in [0, 0.05) is 44.0 Å². The standard InChI is InChI=1S/C47H30N6/c1-5-17-31(18-6-1)43-44-46(49-45(48-43)32-19-7-2-8-20-32)50-47(52(44)34-23-11-4-12-24-34)53-40-28-16-14-26-36(40)38-29-41-37(30-42(38)53)35-25-13-15-27-39(35)51(41)33-21-9-3-10-22-33/h1-30H. The average molecular weight is 679 g/mol. The lowest BCUT2D eigenvalue weighted by Crippen LogP contribution is -2.06. The Kier molecular flexibility index (Phi) is 6.45. The van der Waals surface area contributed by atoms with Crippen molar-refractivity contribution >= 4 is 54.8 Å². The van der Waals surface area contributed by atoms with Gasteiger partial charge in [0.2, 0.25) is 5.95 Å². The minimum Gasteiger partial charge on any atom is -0.309 e. The minimum absolute atomic E-state index is 0.629. The third kappa shape index (κ3) is 4.49. The van der Waals surface area contributed by atoms with E-state index in [0.717, 1.165) is 67.0 Å². The first-order valence-electron chi connectivity index (χ1n) is 17.8. The monoisotopic (exact) mass is 678 g/mol. The number of aromatic nitrogens is 6. The van der Waals surface area contributed by atoms with E-state index < -0.39 is 0 Å². The van der Waals surface area contributed by atoms with Gasteiger partial charge in [0.1, 0.15) is 11.2 Å². The fraction of sp³-hybridized carbons (Fsp3) is 0. The first kappa shape index (κ1) is 29.4. The van der Waals surface area contributed by atoms with Crippen LogP contribution in [0.3, 0.4) is 0 Å². The van der Waals surface area contributed by atoms with E-state index >= 15 is 0 Å². The number of rotatable bonds is 5. The predicted octanol–water partition coefficient (Wildman–Crippen LogP) is 11.3. The van der Waals surface area contributed by atoms with Gasteiger partial charge in [-0.15, -0.1) is 0 Å². The van der Waals surface area contributed by atoms with Crippen molar-refractivity contribution in [3.63, 3.8) is 0 Å². The van der Waals surface area contributed by atoms with Gasteiger partial charge in [-0.1, -0.05) is 133 Å². The number of nitrogens with zero attached hydrogens (tertiary/aromatic N) is 6. The summed E-state index contributed by atoms with van der Waals surface area (Å²) >= 11 is 0. The lowest BCUT2D eigenvalue weighted by Gasteiger charge is -2.14. The normalized spacial score (nSPS) is 11.8. The summed E-state index contributed by atoms with van der Waals surface area (Å²) in [5.41, 5.74) is 10.8. The van der Waals surface area contributed by atoms with Crippen LogP contribution in [0.4, 0.5) is 0 Å². The quantitative estimate of drug-likeness (QED) is 0.182. The zero-order valence-electron chi connectivity index (χ0n) is 28.5. The molecule has 4 heterocycles. The molecule has 0 saturated heterocycles. The molecule has 0 aliphatic heterocycles. The topological polar surface area (TPSA) is 53.5 Å². The number of fused-ring (bicyclic) bond motifs is 7. The highest BCUT2D eigenvalue weighted by Crippen LogP contribution is 2.41. The Morgan fingerprint density at radius 3 is 1.42 bits per heavy atom. The van der Waals surface area contributed by atoms with Crippen molar-refractivity contribution in [3.8, 4) is 40.0 Å². The van der Waals surface area contributed by atoms with Gasteiger partial charge in [-0.05, 0) is 48.5 Å². The Labute approximate surface area is 304 Å². The smallest absolute Gasteiger partial charge is 0.222 e. The molecule has 6 heteroatoms. The van der Waals surface area contributed by atoms with E-state index in [1.165, 1.54) is 16.3 Å². The van der Waals surface area contributed by atoms with E-state index in [2.05, 4.69) is 165 Å². The van der Waals surface area contributed by atoms with E-state index in [9.17, 15) is 0 Å². The summed E-state index contributed by atoms with van der Waals surface area (Å²) < 4.78 is 6.92. The molecule has 6 nitrogen and oxygen atoms in total. The fourth-order valence-corrected chi connectivity index (χ4v) is 7.96. The van der Waals surface area contributed by atoms with Gasteiger partial charge in [-0.25, -0.2) is 9.97 Å². The van der Waals surface area contributed by atoms with Crippen LogP contribution in [-0.2, 0) is 0 Å². The molecule has 11 rings (SSSR count). The maximum Gasteiger partial charge on any atom is 0.222 e. The molecule has 0 unspecified atom stereocenters. The summed E-state index contributed by atoms with van der Waals surface area (Å²) in [5, 5.41) is 4.69. The lowest BCUT2D eigenvalue weighted by atomic mass is 10.1. The van der Waals surface area contributed by atoms with Crippen LogP contribution >= 0.6 is 0 Å². The highest BCUT2D eigenvalue weighted by Gasteiger charge is 2.25. The van der Waals surface area contributed by atoms with Crippen molar-refractivity contribution in [2.75, 3.05) is 0 Å². The van der Waals surface area contributed by atoms with Crippen molar-refractivity contribution in [1.82, 2.24) is 28.7 Å². The average Bonchev–Trinajstić information content (AvgIpc) is 3.88. The van der Waals surface area contributed by atoms with E-state index in [1.807, 2.05) is 30.3 Å². The molecule has 4 aromatic heterocycles. The van der Waals surface area contributed by atoms with Crippen molar-refractivity contribution in [2.24, 2.45) is 0 Å². The van der Waals surface area contributed by atoms with Crippen LogP contribution in [0, 0.1) is 0 Å². The highest BCUT2D eigenvalue weighted by atomic mass is 15.3. The Bertz CT molecular complexity index is 3140. The maximum absolute atomic E-state index is 5.47. The summed E-state index contributed by atoms with van der Waals surface area (Å²) in [4.78, 5) is 15.9. The van der Waals surface area contributed by atoms with Gasteiger partial charge in [0.25, 0.3) is 0 Å². The van der Waals surface area contributed by atoms with Gasteiger partial charge in [-0.3, -0.25) is 9.13 Å². The molecule has 0 bridgehead atoms. The summed E-state index contributed by atoms with van der Waals surface area (Å²) in [6.07, 6.45) is 0. The molecule has 0 atom stereocenters. The lowest BCUT2D eigenvalue weighted by molar-refractivity contribution is 0.955. The molecule has 11 aromatic rings. The van der Waals surface area contributed by atoms with E-state index in [1.54, 1.807) is 0 Å². The SMILES string of the molecule is c1ccc(-c2nc(-c3ccccc3)c3c(n2)nc(-n2c4ccccc4c4cc5c(cc42)c2ccccc2n5-c2ccccc2)n3-c2ccccc2)cc1. The summed E-state index contributed by atoms with van der Waals surface area (Å²) in [6.45, 7) is 0. The summed E-state index contributed by atoms with van der Waals surface area (Å²) in [7, 11) is 0. The van der Waals surface area contributed by atoms with E-state index in [4.69, 9.17) is 15.0 Å². The first-order chi connectivity index (χ1) is 26.3. The molecule has 53 heavy (non-hydrogen) atoms. The van der Waals surface area contributed by atoms with Gasteiger partial charge in [0.05, 0.1) is 22.1 Å². The number of hydrogen-bond acceptors (Lipinski definition) is 3. The van der Waals surface area contributed by atoms with Gasteiger partial charge in [0.15, 0.2) is 11.5 Å². The molecule has 248 valence electrons. The molecule has 7 aromatic carbocycles. The fourth-order valence-electron chi connectivity index (χ4n) is 7.96. The molecule has 0 saturated carbocycles. The second kappa shape index (κ2) is 11.6. The van der Waals surface area contributed by atoms with Crippen LogP contribution < -0.4 is 0 Å². The Morgan fingerprint density at radius 1 is 0.340 bits per heavy atom. The van der Waals surface area contributed by atoms with Crippen LogP contribution in [-0.4, -0.2) is 28.7 Å². The Balaban J connectivity index is 1.30. The minimum atomic E-state index is 0.629. The molecule has 0 aliphatic carbocycles. The largest absolute Gasteiger partial charge is 0.309 e. The van der Waals surface area contributed by atoms with E-state index in [0.29, 0.717) is 11.5 Å². The second-order valence-electron chi connectivity index (χ2n) is 13.3. The molecular formula is C47H30N6. The Hall–Kier alpha value is -7.31. The first-order valence-corrected chi connectivity index (χ1v) is 17.8. The van der Waals surface area contributed by atoms with Crippen LogP contribution in [0.15, 0.2) is 182 Å². The van der Waals surface area contributed by atoms with E-state index in [-0.39, 0.29) is 0 Å². The van der Waals surface area contributed by atoms with Crippen LogP contribution in [0.2, 0.25) is 0 Å². The zero-order valence-corrected chi connectivity index (χ0v) is 28.5. The third-order valence-corrected chi connectivity index (χ3v) is 10.3. The van der Waals surface area contributed by atoms with Crippen molar-refractivity contribution in [1.29, 1.82) is 0 Å². The van der Waals surface area contributed by atoms with Crippen molar-refractivity contribution in [2.45, 2.75) is 0 Å².